The molecule has 13 heteroatoms. The van der Waals surface area contributed by atoms with E-state index in [1.807, 2.05) is 0 Å². The second kappa shape index (κ2) is 11.3. The number of aliphatic hydroxyl groups is 1. The number of sulfonamides is 2. The topological polar surface area (TPSA) is 143 Å². The van der Waals surface area contributed by atoms with Gasteiger partial charge in [-0.3, -0.25) is 9.52 Å². The molecule has 11 nitrogen and oxygen atoms in total. The van der Waals surface area contributed by atoms with Gasteiger partial charge in [0.25, 0.3) is 5.91 Å². The van der Waals surface area contributed by atoms with Crippen molar-refractivity contribution in [2.75, 3.05) is 44.8 Å². The maximum Gasteiger partial charge on any atom is 0.258 e. The highest BCUT2D eigenvalue weighted by Gasteiger charge is 2.36. The fourth-order valence-corrected chi connectivity index (χ4v) is 5.76. The van der Waals surface area contributed by atoms with Crippen molar-refractivity contribution in [3.8, 4) is 11.5 Å². The van der Waals surface area contributed by atoms with Gasteiger partial charge in [-0.1, -0.05) is 13.0 Å². The number of likely N-dealkylation sites (N-methyl/N-ethyl adjacent to an activating group) is 1. The molecule has 204 valence electrons. The number of hydrogen-bond acceptors (Lipinski definition) is 8. The average Bonchev–Trinajstić information content (AvgIpc) is 2.85. The van der Waals surface area contributed by atoms with Crippen LogP contribution in [0.25, 0.3) is 0 Å². The lowest BCUT2D eigenvalue weighted by atomic mass is 9.99. The molecule has 2 aromatic carbocycles. The minimum atomic E-state index is -3.90. The normalized spacial score (nSPS) is 19.4. The maximum atomic E-state index is 13.4. The first-order chi connectivity index (χ1) is 17.3. The first-order valence-electron chi connectivity index (χ1n) is 11.6. The monoisotopic (exact) mass is 555 g/mol. The summed E-state index contributed by atoms with van der Waals surface area (Å²) in [5.41, 5.74) is 0.163. The first kappa shape index (κ1) is 28.7. The number of nitrogens with one attached hydrogen (secondary N) is 1. The maximum absolute atomic E-state index is 13.4. The predicted octanol–water partition coefficient (Wildman–Crippen LogP) is 1.61. The van der Waals surface area contributed by atoms with E-state index in [1.165, 1.54) is 49.4 Å². The van der Waals surface area contributed by atoms with Crippen LogP contribution in [0, 0.1) is 5.92 Å². The number of carbonyl (C=O) groups is 1. The molecule has 0 bridgehead atoms. The van der Waals surface area contributed by atoms with Crippen LogP contribution >= 0.6 is 0 Å². The van der Waals surface area contributed by atoms with Crippen LogP contribution < -0.4 is 14.2 Å². The number of para-hydroxylation sites is 1. The summed E-state index contributed by atoms with van der Waals surface area (Å²) < 4.78 is 65.4. The molecule has 37 heavy (non-hydrogen) atoms. The van der Waals surface area contributed by atoms with Gasteiger partial charge < -0.3 is 19.5 Å². The second-order valence-corrected chi connectivity index (χ2v) is 12.9. The van der Waals surface area contributed by atoms with Crippen LogP contribution in [0.2, 0.25) is 0 Å². The van der Waals surface area contributed by atoms with Gasteiger partial charge in [-0.15, -0.1) is 0 Å². The van der Waals surface area contributed by atoms with Crippen LogP contribution in [0.3, 0.4) is 0 Å². The molecule has 0 radical (unpaired) electrons. The molecule has 2 N–H and O–H groups in total. The van der Waals surface area contributed by atoms with Crippen LogP contribution in [0.5, 0.6) is 11.5 Å². The fraction of sp³-hybridized carbons (Fsp3) is 0.458. The number of nitrogens with zero attached hydrogens (tertiary/aromatic N) is 2. The van der Waals surface area contributed by atoms with Crippen molar-refractivity contribution in [3.63, 3.8) is 0 Å². The van der Waals surface area contributed by atoms with Gasteiger partial charge in [0.1, 0.15) is 11.9 Å². The van der Waals surface area contributed by atoms with Crippen molar-refractivity contribution < 1.29 is 36.2 Å². The number of aliphatic hydroxyl groups excluding tert-OH is 1. The van der Waals surface area contributed by atoms with Crippen LogP contribution in [-0.2, 0) is 20.0 Å². The highest BCUT2D eigenvalue weighted by Crippen LogP contribution is 2.35. The van der Waals surface area contributed by atoms with Crippen molar-refractivity contribution in [3.05, 3.63) is 48.0 Å². The van der Waals surface area contributed by atoms with Crippen LogP contribution in [0.1, 0.15) is 24.2 Å². The van der Waals surface area contributed by atoms with E-state index >= 15 is 0 Å². The van der Waals surface area contributed by atoms with Crippen molar-refractivity contribution in [2.45, 2.75) is 30.9 Å². The minimum Gasteiger partial charge on any atom is -0.497 e. The lowest BCUT2D eigenvalue weighted by Gasteiger charge is -2.38. The van der Waals surface area contributed by atoms with E-state index in [9.17, 15) is 26.7 Å². The Hall–Kier alpha value is -2.87. The van der Waals surface area contributed by atoms with Gasteiger partial charge in [-0.2, -0.15) is 4.31 Å². The largest absolute Gasteiger partial charge is 0.497 e. The molecular formula is C24H33N3O8S2. The first-order valence-corrected chi connectivity index (χ1v) is 14.9. The molecule has 1 aliphatic heterocycles. The van der Waals surface area contributed by atoms with Gasteiger partial charge >= 0.3 is 0 Å². The third-order valence-electron chi connectivity index (χ3n) is 6.19. The molecule has 0 aromatic heterocycles. The Morgan fingerprint density at radius 2 is 1.84 bits per heavy atom. The number of anilines is 1. The molecule has 2 aromatic rings. The predicted molar refractivity (Wildman–Crippen MR) is 139 cm³/mol. The summed E-state index contributed by atoms with van der Waals surface area (Å²) in [7, 11) is -4.71. The van der Waals surface area contributed by atoms with E-state index in [2.05, 4.69) is 4.72 Å². The lowest BCUT2D eigenvalue weighted by molar-refractivity contribution is 0.0389. The van der Waals surface area contributed by atoms with E-state index in [4.69, 9.17) is 9.47 Å². The molecule has 0 saturated carbocycles. The quantitative estimate of drug-likeness (QED) is 0.475. The number of methoxy groups -OCH3 is 1. The van der Waals surface area contributed by atoms with E-state index in [1.54, 1.807) is 26.0 Å². The number of benzene rings is 2. The standard InChI is InChI=1S/C24H33N3O8S2/c1-16-13-27(17(2)15-28)24(29)20-7-6-8-21(25-36(5,30)31)23(20)35-22(16)14-26(3)37(32,33)19-11-9-18(34-4)10-12-19/h6-12,16-17,22,25,28H,13-15H2,1-5H3/t16-,17+,22-/m0/s1. The zero-order chi connectivity index (χ0) is 27.5. The highest BCUT2D eigenvalue weighted by molar-refractivity contribution is 7.92. The molecule has 3 rings (SSSR count). The van der Waals surface area contributed by atoms with Crippen LogP contribution in [0.4, 0.5) is 5.69 Å². The summed E-state index contributed by atoms with van der Waals surface area (Å²) in [6.07, 6.45) is 0.216. The summed E-state index contributed by atoms with van der Waals surface area (Å²) in [5, 5.41) is 9.78. The molecular weight excluding hydrogens is 522 g/mol. The summed E-state index contributed by atoms with van der Waals surface area (Å²) in [4.78, 5) is 15.0. The Kier molecular flexibility index (Phi) is 8.73. The summed E-state index contributed by atoms with van der Waals surface area (Å²) in [6.45, 7) is 3.32. The number of fused-ring (bicyclic) bond motifs is 1. The molecule has 1 heterocycles. The van der Waals surface area contributed by atoms with Crippen molar-refractivity contribution >= 4 is 31.6 Å². The van der Waals surface area contributed by atoms with E-state index in [-0.39, 0.29) is 47.5 Å². The molecule has 0 spiro atoms. The minimum absolute atomic E-state index is 0.000129. The Morgan fingerprint density at radius 1 is 1.19 bits per heavy atom. The summed E-state index contributed by atoms with van der Waals surface area (Å²) >= 11 is 0. The van der Waals surface area contributed by atoms with Gasteiger partial charge in [-0.25, -0.2) is 16.8 Å². The van der Waals surface area contributed by atoms with Gasteiger partial charge in [-0.05, 0) is 43.3 Å². The van der Waals surface area contributed by atoms with Crippen LogP contribution in [-0.4, -0.2) is 89.3 Å². The number of hydrogen-bond donors (Lipinski definition) is 2. The Morgan fingerprint density at radius 3 is 2.41 bits per heavy atom. The molecule has 1 aliphatic rings. The molecule has 1 amide bonds. The highest BCUT2D eigenvalue weighted by atomic mass is 32.2. The van der Waals surface area contributed by atoms with E-state index in [0.29, 0.717) is 5.75 Å². The Labute approximate surface area is 218 Å². The molecule has 0 saturated heterocycles. The van der Waals surface area contributed by atoms with Gasteiger partial charge in [0.15, 0.2) is 5.75 Å². The zero-order valence-electron chi connectivity index (χ0n) is 21.4. The SMILES string of the molecule is COc1ccc(S(=O)(=O)N(C)C[C@@H]2Oc3c(NS(C)(=O)=O)cccc3C(=O)N([C@H](C)CO)C[C@@H]2C)cc1. The zero-order valence-corrected chi connectivity index (χ0v) is 23.0. The second-order valence-electron chi connectivity index (χ2n) is 9.14. The van der Waals surface area contributed by atoms with Crippen molar-refractivity contribution in [1.29, 1.82) is 0 Å². The number of ether oxygens (including phenoxy) is 2. The molecule has 0 aliphatic carbocycles. The third kappa shape index (κ3) is 6.53. The average molecular weight is 556 g/mol. The number of carbonyl (C=O) groups excluding carboxylic acids is 1. The Bertz CT molecular complexity index is 1330. The summed E-state index contributed by atoms with van der Waals surface area (Å²) in [5.74, 6) is -0.298. The van der Waals surface area contributed by atoms with E-state index in [0.717, 1.165) is 10.6 Å². The summed E-state index contributed by atoms with van der Waals surface area (Å²) in [6, 6.07) is 9.95. The molecule has 3 atom stereocenters. The third-order valence-corrected chi connectivity index (χ3v) is 8.62. The number of amides is 1. The van der Waals surface area contributed by atoms with Gasteiger partial charge in [0.05, 0.1) is 48.7 Å². The number of rotatable bonds is 9. The lowest BCUT2D eigenvalue weighted by Crippen LogP contribution is -2.50. The van der Waals surface area contributed by atoms with Gasteiger partial charge in [0.2, 0.25) is 20.0 Å². The smallest absolute Gasteiger partial charge is 0.258 e. The van der Waals surface area contributed by atoms with E-state index < -0.39 is 38.1 Å². The van der Waals surface area contributed by atoms with Crippen molar-refractivity contribution in [2.24, 2.45) is 5.92 Å². The molecule has 0 unspecified atom stereocenters. The Balaban J connectivity index is 2.03. The van der Waals surface area contributed by atoms with Crippen LogP contribution in [0.15, 0.2) is 47.4 Å². The van der Waals surface area contributed by atoms with Gasteiger partial charge in [0, 0.05) is 19.5 Å². The fourth-order valence-electron chi connectivity index (χ4n) is 4.02. The molecule has 0 fully saturated rings. The van der Waals surface area contributed by atoms with Crippen molar-refractivity contribution in [1.82, 2.24) is 9.21 Å².